The first kappa shape index (κ1) is 16.8. The van der Waals surface area contributed by atoms with Crippen molar-refractivity contribution >= 4 is 33.5 Å². The van der Waals surface area contributed by atoms with Crippen molar-refractivity contribution in [3.8, 4) is 11.5 Å². The van der Waals surface area contributed by atoms with Crippen molar-refractivity contribution in [3.05, 3.63) is 68.8 Å². The molecule has 0 amide bonds. The number of nitro groups is 2. The van der Waals surface area contributed by atoms with Crippen molar-refractivity contribution in [2.45, 2.75) is 0 Å². The van der Waals surface area contributed by atoms with Crippen LogP contribution in [0.4, 0.5) is 22.7 Å². The molecule has 2 N–H and O–H groups in total. The van der Waals surface area contributed by atoms with Crippen molar-refractivity contribution in [3.63, 3.8) is 0 Å². The van der Waals surface area contributed by atoms with E-state index in [1.807, 2.05) is 0 Å². The molecule has 0 aliphatic carbocycles. The summed E-state index contributed by atoms with van der Waals surface area (Å²) < 4.78 is 0. The second-order valence-electron chi connectivity index (χ2n) is 5.19. The molecule has 0 aliphatic heterocycles. The Bertz CT molecular complexity index is 1070. The summed E-state index contributed by atoms with van der Waals surface area (Å²) in [5, 5.41) is 49.9. The van der Waals surface area contributed by atoms with Crippen molar-refractivity contribution in [2.75, 3.05) is 0 Å². The van der Waals surface area contributed by atoms with Gasteiger partial charge >= 0.3 is 5.69 Å². The summed E-state index contributed by atoms with van der Waals surface area (Å²) in [4.78, 5) is 20.3. The lowest BCUT2D eigenvalue weighted by Gasteiger charge is -2.05. The van der Waals surface area contributed by atoms with Gasteiger partial charge in [-0.2, -0.15) is 0 Å². The van der Waals surface area contributed by atoms with Crippen molar-refractivity contribution in [2.24, 2.45) is 10.2 Å². The average Bonchev–Trinajstić information content (AvgIpc) is 2.61. The third-order valence-electron chi connectivity index (χ3n) is 3.61. The van der Waals surface area contributed by atoms with E-state index in [1.54, 1.807) is 12.1 Å². The molecule has 0 fully saturated rings. The van der Waals surface area contributed by atoms with Gasteiger partial charge in [0.15, 0.2) is 5.69 Å². The van der Waals surface area contributed by atoms with Crippen LogP contribution in [0.1, 0.15) is 0 Å². The Labute approximate surface area is 145 Å². The minimum atomic E-state index is -0.790. The number of hydrogen-bond donors (Lipinski definition) is 2. The lowest BCUT2D eigenvalue weighted by Crippen LogP contribution is -1.92. The number of nitrogens with zero attached hydrogens (tertiary/aromatic N) is 4. The summed E-state index contributed by atoms with van der Waals surface area (Å²) in [6, 6.07) is 10.3. The first-order valence-corrected chi connectivity index (χ1v) is 7.16. The Morgan fingerprint density at radius 2 is 1.46 bits per heavy atom. The van der Waals surface area contributed by atoms with Crippen LogP contribution in [0.5, 0.6) is 11.5 Å². The normalized spacial score (nSPS) is 11.1. The van der Waals surface area contributed by atoms with E-state index in [0.717, 1.165) is 18.2 Å². The molecule has 0 spiro atoms. The second kappa shape index (κ2) is 6.43. The van der Waals surface area contributed by atoms with Gasteiger partial charge in [0.2, 0.25) is 0 Å². The molecular weight excluding hydrogens is 344 g/mol. The molecule has 3 aromatic rings. The first-order chi connectivity index (χ1) is 12.4. The predicted molar refractivity (Wildman–Crippen MR) is 91.2 cm³/mol. The van der Waals surface area contributed by atoms with E-state index in [0.29, 0.717) is 5.39 Å². The van der Waals surface area contributed by atoms with Crippen LogP contribution >= 0.6 is 0 Å². The van der Waals surface area contributed by atoms with Gasteiger partial charge < -0.3 is 10.2 Å². The maximum atomic E-state index is 11.1. The molecule has 26 heavy (non-hydrogen) atoms. The number of fused-ring (bicyclic) bond motifs is 1. The quantitative estimate of drug-likeness (QED) is 0.400. The lowest BCUT2D eigenvalue weighted by molar-refractivity contribution is -0.393. The number of phenols is 2. The Kier molecular flexibility index (Phi) is 4.15. The van der Waals surface area contributed by atoms with Gasteiger partial charge in [-0.1, -0.05) is 12.1 Å². The molecule has 0 radical (unpaired) electrons. The Morgan fingerprint density at radius 3 is 2.15 bits per heavy atom. The molecule has 0 atom stereocenters. The fourth-order valence-corrected chi connectivity index (χ4v) is 2.40. The van der Waals surface area contributed by atoms with E-state index >= 15 is 0 Å². The van der Waals surface area contributed by atoms with Crippen molar-refractivity contribution < 1.29 is 20.1 Å². The van der Waals surface area contributed by atoms with Gasteiger partial charge in [-0.05, 0) is 24.3 Å². The number of phenolic OH excluding ortho intramolecular Hbond substituents is 2. The number of benzene rings is 3. The predicted octanol–water partition coefficient (Wildman–Crippen LogP) is 4.48. The number of azo groups is 1. The van der Waals surface area contributed by atoms with Crippen LogP contribution < -0.4 is 0 Å². The number of hydrogen-bond acceptors (Lipinski definition) is 8. The number of aromatic hydroxyl groups is 2. The minimum Gasteiger partial charge on any atom is -0.507 e. The van der Waals surface area contributed by atoms with E-state index < -0.39 is 21.2 Å². The summed E-state index contributed by atoms with van der Waals surface area (Å²) in [6.45, 7) is 0. The Hall–Kier alpha value is -4.08. The summed E-state index contributed by atoms with van der Waals surface area (Å²) in [5.41, 5.74) is -0.909. The van der Waals surface area contributed by atoms with Gasteiger partial charge in [-0.25, -0.2) is 0 Å². The minimum absolute atomic E-state index is 0.154. The smallest absolute Gasteiger partial charge is 0.303 e. The van der Waals surface area contributed by atoms with Crippen LogP contribution in [0.25, 0.3) is 10.8 Å². The summed E-state index contributed by atoms with van der Waals surface area (Å²) >= 11 is 0. The topological polar surface area (TPSA) is 151 Å². The molecule has 3 aromatic carbocycles. The molecule has 130 valence electrons. The van der Waals surface area contributed by atoms with Crippen LogP contribution in [0.3, 0.4) is 0 Å². The average molecular weight is 354 g/mol. The maximum Gasteiger partial charge on any atom is 0.303 e. The third-order valence-corrected chi connectivity index (χ3v) is 3.61. The molecule has 0 bridgehead atoms. The zero-order valence-electron chi connectivity index (χ0n) is 12.9. The van der Waals surface area contributed by atoms with Crippen LogP contribution in [0.15, 0.2) is 58.8 Å². The zero-order chi connectivity index (χ0) is 18.8. The number of rotatable bonds is 4. The summed E-state index contributed by atoms with van der Waals surface area (Å²) in [5.74, 6) is -0.309. The second-order valence-corrected chi connectivity index (χ2v) is 5.19. The van der Waals surface area contributed by atoms with Gasteiger partial charge in [-0.3, -0.25) is 20.2 Å². The molecule has 0 saturated heterocycles. The molecule has 10 nitrogen and oxygen atoms in total. The highest BCUT2D eigenvalue weighted by Crippen LogP contribution is 2.39. The fraction of sp³-hybridized carbons (Fsp3) is 0. The van der Waals surface area contributed by atoms with Gasteiger partial charge in [0.25, 0.3) is 5.69 Å². The Balaban J connectivity index is 2.10. The fourth-order valence-electron chi connectivity index (χ4n) is 2.40. The molecule has 0 aromatic heterocycles. The molecule has 10 heteroatoms. The molecule has 0 heterocycles. The van der Waals surface area contributed by atoms with E-state index in [1.165, 1.54) is 18.2 Å². The summed E-state index contributed by atoms with van der Waals surface area (Å²) in [6.07, 6.45) is 0. The highest BCUT2D eigenvalue weighted by atomic mass is 16.6. The van der Waals surface area contributed by atoms with Gasteiger partial charge in [0, 0.05) is 11.5 Å². The molecule has 3 rings (SSSR count). The third kappa shape index (κ3) is 2.98. The zero-order valence-corrected chi connectivity index (χ0v) is 12.9. The lowest BCUT2D eigenvalue weighted by atomic mass is 10.1. The number of non-ortho nitro benzene ring substituents is 1. The Morgan fingerprint density at radius 1 is 0.808 bits per heavy atom. The van der Waals surface area contributed by atoms with E-state index in [-0.39, 0.29) is 28.3 Å². The highest BCUT2D eigenvalue weighted by Gasteiger charge is 2.19. The number of nitro benzene ring substituents is 2. The van der Waals surface area contributed by atoms with Gasteiger partial charge in [0.1, 0.15) is 11.5 Å². The van der Waals surface area contributed by atoms with E-state index in [9.17, 15) is 30.4 Å². The van der Waals surface area contributed by atoms with Crippen molar-refractivity contribution in [1.82, 2.24) is 0 Å². The monoisotopic (exact) mass is 354 g/mol. The largest absolute Gasteiger partial charge is 0.507 e. The van der Waals surface area contributed by atoms with E-state index in [2.05, 4.69) is 10.2 Å². The molecule has 0 aliphatic rings. The SMILES string of the molecule is O=[N+]([O-])c1ccc(N=Nc2ccc(O)c3c(O)cccc23)c([N+](=O)[O-])c1. The van der Waals surface area contributed by atoms with Crippen LogP contribution in [0, 0.1) is 20.2 Å². The standard InChI is InChI=1S/C16H10N4O6/c21-14-3-1-2-10-11(6-7-15(22)16(10)14)17-18-12-5-4-9(19(23)24)8-13(12)20(25)26/h1-8,21-22H. The van der Waals surface area contributed by atoms with Gasteiger partial charge in [0.05, 0.1) is 27.0 Å². The molecule has 0 saturated carbocycles. The van der Waals surface area contributed by atoms with Gasteiger partial charge in [-0.15, -0.1) is 10.2 Å². The van der Waals surface area contributed by atoms with Crippen LogP contribution in [-0.2, 0) is 0 Å². The highest BCUT2D eigenvalue weighted by molar-refractivity contribution is 6.00. The maximum absolute atomic E-state index is 11.1. The summed E-state index contributed by atoms with van der Waals surface area (Å²) in [7, 11) is 0. The first-order valence-electron chi connectivity index (χ1n) is 7.16. The van der Waals surface area contributed by atoms with E-state index in [4.69, 9.17) is 0 Å². The van der Waals surface area contributed by atoms with Crippen LogP contribution in [-0.4, -0.2) is 20.1 Å². The molecular formula is C16H10N4O6. The van der Waals surface area contributed by atoms with Crippen molar-refractivity contribution in [1.29, 1.82) is 0 Å². The molecule has 0 unspecified atom stereocenters. The van der Waals surface area contributed by atoms with Crippen LogP contribution in [0.2, 0.25) is 0 Å².